The number of aromatic nitrogens is 1. The van der Waals surface area contributed by atoms with Crippen LogP contribution in [0.25, 0.3) is 11.5 Å². The molecule has 3 rings (SSSR count). The minimum atomic E-state index is -2.91. The van der Waals surface area contributed by atoms with Gasteiger partial charge in [0.15, 0.2) is 23.1 Å². The standard InChI is InChI=1S/C24H22F2N2O2S/c1-15-6-5-13-28(14-15)21(23(31)27-20-16(2)7-4-8-17(20)3)22(29)18-9-11-19(12-10-18)30-24(25)26/h4-14,24H,1-3H3,(H-,27,29,31)/p+1. The van der Waals surface area contributed by atoms with Crippen LogP contribution in [0.1, 0.15) is 22.3 Å². The molecule has 0 aliphatic rings. The normalized spacial score (nSPS) is 11.8. The fraction of sp³-hybridized carbons (Fsp3) is 0.167. The molecule has 0 spiro atoms. The van der Waals surface area contributed by atoms with Crippen LogP contribution in [0.5, 0.6) is 5.75 Å². The predicted molar refractivity (Wildman–Crippen MR) is 122 cm³/mol. The first-order chi connectivity index (χ1) is 14.8. The Morgan fingerprint density at radius 1 is 1.00 bits per heavy atom. The molecule has 0 saturated carbocycles. The van der Waals surface area contributed by atoms with Crippen molar-refractivity contribution in [2.45, 2.75) is 27.4 Å². The zero-order valence-corrected chi connectivity index (χ0v) is 18.2. The Morgan fingerprint density at radius 2 is 1.65 bits per heavy atom. The number of anilines is 1. The summed E-state index contributed by atoms with van der Waals surface area (Å²) in [5.41, 5.74) is 4.66. The number of nitrogens with one attached hydrogen (secondary N) is 1. The smallest absolute Gasteiger partial charge is 0.387 e. The molecule has 0 amide bonds. The number of ether oxygens (including phenoxy) is 1. The van der Waals surface area contributed by atoms with Crippen LogP contribution in [0.4, 0.5) is 14.5 Å². The van der Waals surface area contributed by atoms with E-state index in [1.165, 1.54) is 24.3 Å². The maximum atomic E-state index is 12.4. The van der Waals surface area contributed by atoms with Crippen molar-refractivity contribution in [2.75, 3.05) is 5.32 Å². The molecule has 1 aromatic heterocycles. The van der Waals surface area contributed by atoms with E-state index in [2.05, 4.69) is 10.1 Å². The van der Waals surface area contributed by atoms with Crippen LogP contribution < -0.4 is 14.6 Å². The molecule has 0 saturated heterocycles. The van der Waals surface area contributed by atoms with Crippen LogP contribution in [0.2, 0.25) is 0 Å². The van der Waals surface area contributed by atoms with Crippen molar-refractivity contribution in [3.05, 3.63) is 89.2 Å². The highest BCUT2D eigenvalue weighted by Crippen LogP contribution is 2.25. The van der Waals surface area contributed by atoms with Crippen molar-refractivity contribution in [2.24, 2.45) is 0 Å². The van der Waals surface area contributed by atoms with Crippen molar-refractivity contribution in [3.8, 4) is 5.75 Å². The van der Waals surface area contributed by atoms with Gasteiger partial charge >= 0.3 is 6.61 Å². The number of hydrogen-bond acceptors (Lipinski definition) is 3. The lowest BCUT2D eigenvalue weighted by molar-refractivity contribution is -0.576. The minimum absolute atomic E-state index is 0.00699. The first-order valence-corrected chi connectivity index (χ1v) is 10.0. The summed E-state index contributed by atoms with van der Waals surface area (Å²) in [7, 11) is 0. The summed E-state index contributed by atoms with van der Waals surface area (Å²) in [6.45, 7) is 2.97. The second-order valence-corrected chi connectivity index (χ2v) is 7.52. The van der Waals surface area contributed by atoms with Gasteiger partial charge in [0.05, 0.1) is 0 Å². The highest BCUT2D eigenvalue weighted by molar-refractivity contribution is 7.81. The van der Waals surface area contributed by atoms with Gasteiger partial charge in [0.25, 0.3) is 5.70 Å². The van der Waals surface area contributed by atoms with E-state index in [0.717, 1.165) is 22.4 Å². The molecule has 0 bridgehead atoms. The molecule has 7 heteroatoms. The lowest BCUT2D eigenvalue weighted by atomic mass is 10.1. The van der Waals surface area contributed by atoms with Crippen molar-refractivity contribution in [1.82, 2.24) is 0 Å². The SMILES string of the molecule is Cc1ccc[n+](/C(C(=S)Nc2c(C)cccc2C)=C(/O)c2ccc(OC(F)F)cc2)c1. The van der Waals surface area contributed by atoms with Crippen LogP contribution in [-0.2, 0) is 0 Å². The molecule has 0 aliphatic heterocycles. The maximum Gasteiger partial charge on any atom is 0.387 e. The Labute approximate surface area is 185 Å². The van der Waals surface area contributed by atoms with E-state index in [0.29, 0.717) is 16.2 Å². The Hall–Kier alpha value is -3.32. The summed E-state index contributed by atoms with van der Waals surface area (Å²) < 4.78 is 31.0. The number of benzene rings is 2. The summed E-state index contributed by atoms with van der Waals surface area (Å²) in [6.07, 6.45) is 3.63. The molecule has 0 aliphatic carbocycles. The summed E-state index contributed by atoms with van der Waals surface area (Å²) in [5, 5.41) is 14.4. The number of aliphatic hydroxyl groups is 1. The molecule has 0 atom stereocenters. The zero-order chi connectivity index (χ0) is 22.5. The molecule has 31 heavy (non-hydrogen) atoms. The molecular weight excluding hydrogens is 418 g/mol. The topological polar surface area (TPSA) is 45.4 Å². The van der Waals surface area contributed by atoms with Gasteiger partial charge in [-0.2, -0.15) is 13.3 Å². The van der Waals surface area contributed by atoms with Gasteiger partial charge in [-0.05, 0) is 62.2 Å². The highest BCUT2D eigenvalue weighted by Gasteiger charge is 2.25. The number of aryl methyl sites for hydroxylation is 3. The second-order valence-electron chi connectivity index (χ2n) is 7.11. The fourth-order valence-corrected chi connectivity index (χ4v) is 3.50. The zero-order valence-electron chi connectivity index (χ0n) is 17.4. The molecule has 3 aromatic rings. The molecular formula is C24H23F2N2O2S+. The van der Waals surface area contributed by atoms with Gasteiger partial charge in [-0.15, -0.1) is 0 Å². The highest BCUT2D eigenvalue weighted by atomic mass is 32.1. The average molecular weight is 442 g/mol. The van der Waals surface area contributed by atoms with Gasteiger partial charge in [0.1, 0.15) is 5.75 Å². The summed E-state index contributed by atoms with van der Waals surface area (Å²) in [5.74, 6) is -0.0875. The monoisotopic (exact) mass is 441 g/mol. The van der Waals surface area contributed by atoms with Crippen LogP contribution in [0.3, 0.4) is 0 Å². The number of hydrogen-bond donors (Lipinski definition) is 2. The van der Waals surface area contributed by atoms with Crippen molar-refractivity contribution in [3.63, 3.8) is 0 Å². The third-order valence-corrected chi connectivity index (χ3v) is 5.01. The number of aliphatic hydroxyl groups excluding tert-OH is 1. The van der Waals surface area contributed by atoms with E-state index >= 15 is 0 Å². The summed E-state index contributed by atoms with van der Waals surface area (Å²) in [4.78, 5) is 0.318. The van der Waals surface area contributed by atoms with Crippen LogP contribution in [0.15, 0.2) is 67.0 Å². The van der Waals surface area contributed by atoms with E-state index in [9.17, 15) is 13.9 Å². The largest absolute Gasteiger partial charge is 0.502 e. The molecule has 2 N–H and O–H groups in total. The van der Waals surface area contributed by atoms with Crippen LogP contribution in [-0.4, -0.2) is 16.7 Å². The van der Waals surface area contributed by atoms with Gasteiger partial charge in [-0.1, -0.05) is 30.4 Å². The Morgan fingerprint density at radius 3 is 2.23 bits per heavy atom. The molecule has 4 nitrogen and oxygen atoms in total. The van der Waals surface area contributed by atoms with Crippen molar-refractivity contribution in [1.29, 1.82) is 0 Å². The van der Waals surface area contributed by atoms with Crippen molar-refractivity contribution >= 4 is 34.3 Å². The van der Waals surface area contributed by atoms with E-state index in [-0.39, 0.29) is 11.5 Å². The number of halogens is 2. The van der Waals surface area contributed by atoms with Gasteiger partial charge < -0.3 is 15.2 Å². The third kappa shape index (κ3) is 5.44. The molecule has 1 heterocycles. The second kappa shape index (κ2) is 9.66. The number of nitrogens with zero attached hydrogens (tertiary/aromatic N) is 1. The summed E-state index contributed by atoms with van der Waals surface area (Å²) in [6, 6.07) is 15.5. The molecule has 2 aromatic carbocycles. The number of thiocarbonyl (C=S) groups is 1. The first kappa shape index (κ1) is 22.4. The Bertz CT molecular complexity index is 1110. The third-order valence-electron chi connectivity index (χ3n) is 4.72. The lowest BCUT2D eigenvalue weighted by Gasteiger charge is -2.14. The molecule has 160 valence electrons. The van der Waals surface area contributed by atoms with Crippen molar-refractivity contribution < 1.29 is 23.2 Å². The number of pyridine rings is 1. The lowest BCUT2D eigenvalue weighted by Crippen LogP contribution is -2.39. The molecule has 0 unspecified atom stereocenters. The van der Waals surface area contributed by atoms with E-state index in [1.807, 2.05) is 57.3 Å². The van der Waals surface area contributed by atoms with Crippen LogP contribution in [0, 0.1) is 20.8 Å². The Kier molecular flexibility index (Phi) is 6.97. The van der Waals surface area contributed by atoms with Gasteiger partial charge in [-0.25, -0.2) is 0 Å². The minimum Gasteiger partial charge on any atom is -0.502 e. The van der Waals surface area contributed by atoms with Gasteiger partial charge in [0.2, 0.25) is 0 Å². The molecule has 0 fully saturated rings. The number of rotatable bonds is 6. The molecule has 0 radical (unpaired) electrons. The summed E-state index contributed by atoms with van der Waals surface area (Å²) >= 11 is 5.69. The van der Waals surface area contributed by atoms with E-state index < -0.39 is 6.61 Å². The van der Waals surface area contributed by atoms with E-state index in [4.69, 9.17) is 12.2 Å². The predicted octanol–water partition coefficient (Wildman–Crippen LogP) is 5.82. The van der Waals surface area contributed by atoms with Crippen LogP contribution >= 0.6 is 12.2 Å². The Balaban J connectivity index is 2.06. The van der Waals surface area contributed by atoms with Gasteiger partial charge in [0, 0.05) is 22.9 Å². The quantitative estimate of drug-likeness (QED) is 0.219. The first-order valence-electron chi connectivity index (χ1n) is 9.60. The average Bonchev–Trinajstić information content (AvgIpc) is 2.71. The number of alkyl halides is 2. The van der Waals surface area contributed by atoms with Gasteiger partial charge in [-0.3, -0.25) is 0 Å². The van der Waals surface area contributed by atoms with E-state index in [1.54, 1.807) is 10.8 Å². The number of para-hydroxylation sites is 1. The maximum absolute atomic E-state index is 12.4. The fourth-order valence-electron chi connectivity index (χ4n) is 3.19.